The van der Waals surface area contributed by atoms with Crippen molar-refractivity contribution >= 4 is 23.4 Å². The van der Waals surface area contributed by atoms with Crippen LogP contribution in [0.3, 0.4) is 0 Å². The maximum Gasteiger partial charge on any atom is 0.343 e. The number of urea groups is 1. The van der Waals surface area contributed by atoms with Gasteiger partial charge in [0.15, 0.2) is 6.61 Å². The summed E-state index contributed by atoms with van der Waals surface area (Å²) in [5, 5.41) is 10.9. The van der Waals surface area contributed by atoms with Crippen molar-refractivity contribution in [3.63, 3.8) is 0 Å². The van der Waals surface area contributed by atoms with Crippen LogP contribution in [0.4, 0.5) is 16.2 Å². The van der Waals surface area contributed by atoms with Gasteiger partial charge in [0.05, 0.1) is 0 Å². The van der Waals surface area contributed by atoms with Crippen LogP contribution in [-0.2, 0) is 9.63 Å². The molecule has 1 aromatic rings. The Morgan fingerprint density at radius 3 is 2.30 bits per heavy atom. The minimum absolute atomic E-state index is 0.589. The molecule has 20 heavy (non-hydrogen) atoms. The van der Waals surface area contributed by atoms with Crippen molar-refractivity contribution < 1.29 is 19.5 Å². The van der Waals surface area contributed by atoms with Gasteiger partial charge in [-0.05, 0) is 38.1 Å². The summed E-state index contributed by atoms with van der Waals surface area (Å²) < 4.78 is 0. The Morgan fingerprint density at radius 2 is 1.80 bits per heavy atom. The fourth-order valence-corrected chi connectivity index (χ4v) is 1.66. The fraction of sp³-hybridized carbons (Fsp3) is 0.385. The van der Waals surface area contributed by atoms with E-state index in [1.807, 2.05) is 17.6 Å². The zero-order valence-electron chi connectivity index (χ0n) is 11.5. The van der Waals surface area contributed by atoms with Crippen molar-refractivity contribution in [2.45, 2.75) is 13.8 Å². The van der Waals surface area contributed by atoms with Gasteiger partial charge < -0.3 is 15.3 Å². The lowest BCUT2D eigenvalue weighted by Crippen LogP contribution is -2.30. The molecule has 0 bridgehead atoms. The number of anilines is 2. The lowest BCUT2D eigenvalue weighted by atomic mass is 10.2. The lowest BCUT2D eigenvalue weighted by molar-refractivity contribution is -0.143. The normalized spacial score (nSPS) is 9.90. The number of amides is 2. The first kappa shape index (κ1) is 15.8. The summed E-state index contributed by atoms with van der Waals surface area (Å²) >= 11 is 0. The summed E-state index contributed by atoms with van der Waals surface area (Å²) in [6.45, 7) is 5.37. The first-order valence-electron chi connectivity index (χ1n) is 6.32. The van der Waals surface area contributed by atoms with Crippen molar-refractivity contribution in [2.75, 3.05) is 29.9 Å². The number of benzene rings is 1. The third-order valence-electron chi connectivity index (χ3n) is 2.61. The minimum Gasteiger partial charge on any atom is -0.479 e. The number of hydroxylamine groups is 1. The predicted molar refractivity (Wildman–Crippen MR) is 75.7 cm³/mol. The molecule has 0 heterocycles. The van der Waals surface area contributed by atoms with E-state index in [0.717, 1.165) is 18.8 Å². The third-order valence-corrected chi connectivity index (χ3v) is 2.61. The molecule has 0 fully saturated rings. The van der Waals surface area contributed by atoms with E-state index in [0.29, 0.717) is 5.69 Å². The molecule has 1 aromatic carbocycles. The Labute approximate surface area is 117 Å². The number of carboxylic acids is 1. The summed E-state index contributed by atoms with van der Waals surface area (Å²) in [5.41, 5.74) is 3.65. The van der Waals surface area contributed by atoms with Gasteiger partial charge in [0.1, 0.15) is 0 Å². The van der Waals surface area contributed by atoms with Crippen molar-refractivity contribution in [1.82, 2.24) is 5.48 Å². The van der Waals surface area contributed by atoms with Crippen molar-refractivity contribution in [1.29, 1.82) is 0 Å². The molecule has 0 aromatic heterocycles. The van der Waals surface area contributed by atoms with E-state index < -0.39 is 18.6 Å². The highest BCUT2D eigenvalue weighted by molar-refractivity contribution is 5.88. The number of carboxylic acid groups (broad SMARTS) is 1. The Kier molecular flexibility index (Phi) is 6.31. The molecule has 0 saturated heterocycles. The van der Waals surface area contributed by atoms with Crippen LogP contribution < -0.4 is 15.7 Å². The summed E-state index contributed by atoms with van der Waals surface area (Å²) in [7, 11) is 0. The van der Waals surface area contributed by atoms with E-state index >= 15 is 0 Å². The summed E-state index contributed by atoms with van der Waals surface area (Å²) in [5.74, 6) is -1.16. The fourth-order valence-electron chi connectivity index (χ4n) is 1.66. The number of hydrogen-bond acceptors (Lipinski definition) is 4. The molecule has 0 aliphatic rings. The summed E-state index contributed by atoms with van der Waals surface area (Å²) in [4.78, 5) is 28.2. The SMILES string of the molecule is CCN(CC)c1ccc(NC(=O)NOCC(=O)O)cc1. The average molecular weight is 281 g/mol. The topological polar surface area (TPSA) is 90.9 Å². The first-order valence-corrected chi connectivity index (χ1v) is 6.32. The average Bonchev–Trinajstić information content (AvgIpc) is 2.41. The highest BCUT2D eigenvalue weighted by Gasteiger charge is 2.05. The van der Waals surface area contributed by atoms with Crippen molar-refractivity contribution in [2.24, 2.45) is 0 Å². The Balaban J connectivity index is 2.48. The van der Waals surface area contributed by atoms with Gasteiger partial charge in [-0.3, -0.25) is 4.84 Å². The van der Waals surface area contributed by atoms with Gasteiger partial charge in [-0.1, -0.05) is 0 Å². The zero-order chi connectivity index (χ0) is 15.0. The molecule has 7 nitrogen and oxygen atoms in total. The van der Waals surface area contributed by atoms with E-state index in [2.05, 4.69) is 28.9 Å². The van der Waals surface area contributed by atoms with Gasteiger partial charge in [0.2, 0.25) is 0 Å². The third kappa shape index (κ3) is 5.15. The van der Waals surface area contributed by atoms with Gasteiger partial charge in [0.25, 0.3) is 0 Å². The largest absolute Gasteiger partial charge is 0.479 e. The molecular weight excluding hydrogens is 262 g/mol. The van der Waals surface area contributed by atoms with Gasteiger partial charge in [-0.2, -0.15) is 0 Å². The molecule has 0 unspecified atom stereocenters. The Morgan fingerprint density at radius 1 is 1.20 bits per heavy atom. The lowest BCUT2D eigenvalue weighted by Gasteiger charge is -2.21. The predicted octanol–water partition coefficient (Wildman–Crippen LogP) is 1.67. The van der Waals surface area contributed by atoms with Gasteiger partial charge in [-0.25, -0.2) is 15.1 Å². The van der Waals surface area contributed by atoms with Crippen LogP contribution in [0.2, 0.25) is 0 Å². The monoisotopic (exact) mass is 281 g/mol. The maximum absolute atomic E-state index is 11.4. The van der Waals surface area contributed by atoms with Crippen LogP contribution in [0.5, 0.6) is 0 Å². The number of rotatable bonds is 7. The van der Waals surface area contributed by atoms with Crippen molar-refractivity contribution in [3.8, 4) is 0 Å². The number of aliphatic carboxylic acids is 1. The van der Waals surface area contributed by atoms with E-state index in [9.17, 15) is 9.59 Å². The molecule has 0 saturated carbocycles. The van der Waals surface area contributed by atoms with Crippen LogP contribution in [0.1, 0.15) is 13.8 Å². The van der Waals surface area contributed by atoms with Crippen LogP contribution >= 0.6 is 0 Å². The molecule has 0 spiro atoms. The van der Waals surface area contributed by atoms with E-state index in [1.54, 1.807) is 12.1 Å². The van der Waals surface area contributed by atoms with E-state index in [4.69, 9.17) is 5.11 Å². The van der Waals surface area contributed by atoms with Crippen LogP contribution in [0, 0.1) is 0 Å². The second kappa shape index (κ2) is 8.00. The molecule has 2 amide bonds. The number of nitrogens with one attached hydrogen (secondary N) is 2. The smallest absolute Gasteiger partial charge is 0.343 e. The van der Waals surface area contributed by atoms with Crippen LogP contribution in [-0.4, -0.2) is 36.8 Å². The first-order chi connectivity index (χ1) is 9.56. The van der Waals surface area contributed by atoms with E-state index in [1.165, 1.54) is 0 Å². The second-order valence-corrected chi connectivity index (χ2v) is 3.96. The molecule has 3 N–H and O–H groups in total. The quantitative estimate of drug-likeness (QED) is 0.661. The number of carbonyl (C=O) groups is 2. The zero-order valence-corrected chi connectivity index (χ0v) is 11.5. The highest BCUT2D eigenvalue weighted by Crippen LogP contribution is 2.17. The minimum atomic E-state index is -1.16. The summed E-state index contributed by atoms with van der Waals surface area (Å²) in [6.07, 6.45) is 0. The van der Waals surface area contributed by atoms with E-state index in [-0.39, 0.29) is 0 Å². The Hall–Kier alpha value is -2.28. The number of nitrogens with zero attached hydrogens (tertiary/aromatic N) is 1. The van der Waals surface area contributed by atoms with Crippen LogP contribution in [0.25, 0.3) is 0 Å². The standard InChI is InChI=1S/C13H19N3O4/c1-3-16(4-2)11-7-5-10(6-8-11)14-13(19)15-20-9-12(17)18/h5-8H,3-4,9H2,1-2H3,(H,17,18)(H2,14,15,19). The molecule has 0 radical (unpaired) electrons. The van der Waals surface area contributed by atoms with Gasteiger partial charge in [-0.15, -0.1) is 0 Å². The van der Waals surface area contributed by atoms with Gasteiger partial charge in [0, 0.05) is 24.5 Å². The molecule has 110 valence electrons. The van der Waals surface area contributed by atoms with Crippen molar-refractivity contribution in [3.05, 3.63) is 24.3 Å². The summed E-state index contributed by atoms with van der Waals surface area (Å²) in [6, 6.07) is 6.72. The van der Waals surface area contributed by atoms with Crippen LogP contribution in [0.15, 0.2) is 24.3 Å². The molecule has 0 aliphatic heterocycles. The number of hydrogen-bond donors (Lipinski definition) is 3. The molecule has 1 rings (SSSR count). The van der Waals surface area contributed by atoms with Gasteiger partial charge >= 0.3 is 12.0 Å². The highest BCUT2D eigenvalue weighted by atomic mass is 16.7. The Bertz CT molecular complexity index is 443. The molecule has 0 aliphatic carbocycles. The maximum atomic E-state index is 11.4. The molecule has 7 heteroatoms. The molecular formula is C13H19N3O4. The number of carbonyl (C=O) groups excluding carboxylic acids is 1. The molecule has 0 atom stereocenters. The second-order valence-electron chi connectivity index (χ2n) is 3.96.